The lowest BCUT2D eigenvalue weighted by Gasteiger charge is -1.90. The summed E-state index contributed by atoms with van der Waals surface area (Å²) >= 11 is 9.40. The molecule has 0 bridgehead atoms. The first-order valence-corrected chi connectivity index (χ1v) is 5.03. The second kappa shape index (κ2) is 5.76. The number of hydrogen-bond acceptors (Lipinski definition) is 4. The van der Waals surface area contributed by atoms with Crippen LogP contribution in [0.4, 0.5) is 0 Å². The molecule has 10 heavy (non-hydrogen) atoms. The average Bonchev–Trinajstić information content (AvgIpc) is 1.99. The van der Waals surface area contributed by atoms with Gasteiger partial charge in [-0.15, -0.1) is 12.8 Å². The summed E-state index contributed by atoms with van der Waals surface area (Å²) < 4.78 is 0.921. The van der Waals surface area contributed by atoms with Crippen molar-refractivity contribution in [2.45, 2.75) is 0 Å². The van der Waals surface area contributed by atoms with Crippen LogP contribution in [0.15, 0.2) is 0 Å². The Labute approximate surface area is 78.9 Å². The van der Waals surface area contributed by atoms with E-state index in [1.807, 2.05) is 0 Å². The highest BCUT2D eigenvalue weighted by molar-refractivity contribution is 8.90. The molecule has 0 aliphatic carbocycles. The molecule has 0 unspecified atom stereocenters. The van der Waals surface area contributed by atoms with Gasteiger partial charge >= 0.3 is 0 Å². The van der Waals surface area contributed by atoms with Gasteiger partial charge in [0.2, 0.25) is 0 Å². The Hall–Kier alpha value is -0.000000000000000167. The summed E-state index contributed by atoms with van der Waals surface area (Å²) in [5.74, 6) is 4.58. The minimum Gasteiger partial charge on any atom is -0.113 e. The van der Waals surface area contributed by atoms with E-state index in [0.29, 0.717) is 8.39 Å². The lowest BCUT2D eigenvalue weighted by atomic mass is 10.8. The maximum Gasteiger partial charge on any atom is 0.131 e. The smallest absolute Gasteiger partial charge is 0.113 e. The molecule has 0 aliphatic rings. The second-order valence-corrected chi connectivity index (χ2v) is 4.51. The van der Waals surface area contributed by atoms with Crippen molar-refractivity contribution < 1.29 is 0 Å². The zero-order valence-electron chi connectivity index (χ0n) is 4.79. The molecule has 0 saturated carbocycles. The zero-order valence-corrected chi connectivity index (χ0v) is 8.05. The van der Waals surface area contributed by atoms with Crippen LogP contribution in [0.25, 0.3) is 0 Å². The van der Waals surface area contributed by atoms with Crippen LogP contribution in [-0.4, -0.2) is 8.39 Å². The number of terminal acetylenes is 2. The standard InChI is InChI=1S/C6H2S4/c1-3-5(7)9-10-6(8)4-2/h1-2H. The van der Waals surface area contributed by atoms with Crippen LogP contribution in [0.5, 0.6) is 0 Å². The van der Waals surface area contributed by atoms with Gasteiger partial charge in [0.25, 0.3) is 0 Å². The van der Waals surface area contributed by atoms with Crippen LogP contribution < -0.4 is 0 Å². The Balaban J connectivity index is 3.61. The van der Waals surface area contributed by atoms with E-state index in [4.69, 9.17) is 37.3 Å². The van der Waals surface area contributed by atoms with E-state index in [1.165, 1.54) is 21.6 Å². The normalized spacial score (nSPS) is 7.40. The van der Waals surface area contributed by atoms with Gasteiger partial charge < -0.3 is 0 Å². The Morgan fingerprint density at radius 1 is 1.00 bits per heavy atom. The van der Waals surface area contributed by atoms with E-state index in [0.717, 1.165) is 0 Å². The predicted octanol–water partition coefficient (Wildman–Crippen LogP) is 2.29. The minimum atomic E-state index is 0.461. The van der Waals surface area contributed by atoms with Gasteiger partial charge in [-0.3, -0.25) is 0 Å². The Bertz CT molecular complexity index is 201. The quantitative estimate of drug-likeness (QED) is 0.336. The second-order valence-electron chi connectivity index (χ2n) is 1.03. The summed E-state index contributed by atoms with van der Waals surface area (Å²) in [5, 5.41) is 0. The zero-order chi connectivity index (χ0) is 7.98. The van der Waals surface area contributed by atoms with Crippen molar-refractivity contribution in [1.82, 2.24) is 0 Å². The van der Waals surface area contributed by atoms with E-state index in [1.54, 1.807) is 0 Å². The van der Waals surface area contributed by atoms with Crippen LogP contribution in [0.3, 0.4) is 0 Å². The molecule has 0 rings (SSSR count). The van der Waals surface area contributed by atoms with Crippen molar-refractivity contribution in [1.29, 1.82) is 0 Å². The number of rotatable bonds is 0. The molecule has 0 N–H and O–H groups in total. The fourth-order valence-electron chi connectivity index (χ4n) is 0.124. The summed E-state index contributed by atoms with van der Waals surface area (Å²) in [6, 6.07) is 0. The van der Waals surface area contributed by atoms with E-state index in [2.05, 4.69) is 11.8 Å². The molecule has 0 atom stereocenters. The highest BCUT2D eigenvalue weighted by Gasteiger charge is 1.95. The Morgan fingerprint density at radius 2 is 1.30 bits per heavy atom. The van der Waals surface area contributed by atoms with Crippen LogP contribution in [0.2, 0.25) is 0 Å². The molecule has 0 aliphatic heterocycles. The SMILES string of the molecule is C#CC(=S)SSC(=S)C#C. The molecule has 0 aromatic heterocycles. The summed E-state index contributed by atoms with van der Waals surface area (Å²) in [6.07, 6.45) is 9.96. The van der Waals surface area contributed by atoms with Crippen molar-refractivity contribution in [3.8, 4) is 24.7 Å². The molecule has 0 nitrogen and oxygen atoms in total. The average molecular weight is 202 g/mol. The van der Waals surface area contributed by atoms with Gasteiger partial charge in [-0.05, 0) is 21.6 Å². The highest BCUT2D eigenvalue weighted by atomic mass is 33.1. The highest BCUT2D eigenvalue weighted by Crippen LogP contribution is 2.24. The monoisotopic (exact) mass is 202 g/mol. The van der Waals surface area contributed by atoms with Crippen molar-refractivity contribution in [3.05, 3.63) is 0 Å². The van der Waals surface area contributed by atoms with Crippen molar-refractivity contribution in [3.63, 3.8) is 0 Å². The largest absolute Gasteiger partial charge is 0.131 e. The molecule has 0 heterocycles. The number of hydrogen-bond donors (Lipinski definition) is 0. The Morgan fingerprint density at radius 3 is 1.50 bits per heavy atom. The molecule has 0 fully saturated rings. The minimum absolute atomic E-state index is 0.461. The predicted molar refractivity (Wildman–Crippen MR) is 58.0 cm³/mol. The van der Waals surface area contributed by atoms with Crippen LogP contribution in [-0.2, 0) is 0 Å². The maximum absolute atomic E-state index is 4.98. The first kappa shape index (κ1) is 10.0. The lowest BCUT2D eigenvalue weighted by molar-refractivity contribution is 2.94. The maximum atomic E-state index is 4.98. The van der Waals surface area contributed by atoms with E-state index >= 15 is 0 Å². The third-order valence-electron chi connectivity index (χ3n) is 0.429. The number of thiocarbonyl (C=S) groups is 2. The summed E-state index contributed by atoms with van der Waals surface area (Å²) in [4.78, 5) is 0. The molecule has 0 amide bonds. The first-order chi connectivity index (χ1) is 4.70. The third-order valence-corrected chi connectivity index (χ3v) is 3.67. The fourth-order valence-corrected chi connectivity index (χ4v) is 1.73. The van der Waals surface area contributed by atoms with E-state index in [-0.39, 0.29) is 0 Å². The van der Waals surface area contributed by atoms with Gasteiger partial charge in [0.1, 0.15) is 8.39 Å². The van der Waals surface area contributed by atoms with Gasteiger partial charge in [0.15, 0.2) is 0 Å². The van der Waals surface area contributed by atoms with Crippen LogP contribution in [0, 0.1) is 24.7 Å². The van der Waals surface area contributed by atoms with Crippen molar-refractivity contribution >= 4 is 54.4 Å². The van der Waals surface area contributed by atoms with Gasteiger partial charge in [-0.25, -0.2) is 0 Å². The molecule has 0 saturated heterocycles. The molecule has 0 spiro atoms. The van der Waals surface area contributed by atoms with Gasteiger partial charge in [-0.2, -0.15) is 0 Å². The molecule has 0 aromatic carbocycles. The first-order valence-electron chi connectivity index (χ1n) is 2.06. The molecular weight excluding hydrogens is 200 g/mol. The third kappa shape index (κ3) is 4.84. The Kier molecular flexibility index (Phi) is 5.76. The lowest BCUT2D eigenvalue weighted by Crippen LogP contribution is -1.79. The van der Waals surface area contributed by atoms with E-state index < -0.39 is 0 Å². The molecule has 4 heteroatoms. The van der Waals surface area contributed by atoms with Gasteiger partial charge in [0, 0.05) is 0 Å². The van der Waals surface area contributed by atoms with Crippen LogP contribution >= 0.6 is 46.0 Å². The topological polar surface area (TPSA) is 0 Å². The summed E-state index contributed by atoms with van der Waals surface area (Å²) in [5.41, 5.74) is 0. The molecule has 50 valence electrons. The molecular formula is C6H2S4. The summed E-state index contributed by atoms with van der Waals surface area (Å²) in [7, 11) is 2.47. The van der Waals surface area contributed by atoms with Crippen LogP contribution in [0.1, 0.15) is 0 Å². The molecule has 0 radical (unpaired) electrons. The molecule has 0 aromatic rings. The van der Waals surface area contributed by atoms with E-state index in [9.17, 15) is 0 Å². The van der Waals surface area contributed by atoms with Crippen molar-refractivity contribution in [2.24, 2.45) is 0 Å². The van der Waals surface area contributed by atoms with Gasteiger partial charge in [-0.1, -0.05) is 36.3 Å². The van der Waals surface area contributed by atoms with Gasteiger partial charge in [0.05, 0.1) is 0 Å². The van der Waals surface area contributed by atoms with Crippen molar-refractivity contribution in [2.75, 3.05) is 0 Å². The fraction of sp³-hybridized carbons (Fsp3) is 0. The summed E-state index contributed by atoms with van der Waals surface area (Å²) in [6.45, 7) is 0.